The maximum Gasteiger partial charge on any atom is 0.316 e. The number of carbonyl (C=O) groups excluding carboxylic acids is 1. The van der Waals surface area contributed by atoms with Crippen molar-refractivity contribution in [3.8, 4) is 6.01 Å². The van der Waals surface area contributed by atoms with Gasteiger partial charge in [-0.3, -0.25) is 9.48 Å². The number of rotatable bonds is 4. The molecule has 1 atom stereocenters. The molecule has 8 heteroatoms. The van der Waals surface area contributed by atoms with Crippen LogP contribution in [0.25, 0.3) is 0 Å². The van der Waals surface area contributed by atoms with Crippen LogP contribution in [-0.4, -0.2) is 49.7 Å². The smallest absolute Gasteiger partial charge is 0.316 e. The molecule has 1 aliphatic rings. The number of carbonyl (C=O) groups is 1. The highest BCUT2D eigenvalue weighted by Crippen LogP contribution is 2.16. The van der Waals surface area contributed by atoms with Crippen LogP contribution in [0.2, 0.25) is 5.02 Å². The summed E-state index contributed by atoms with van der Waals surface area (Å²) in [5.41, 5.74) is 0. The summed E-state index contributed by atoms with van der Waals surface area (Å²) in [7, 11) is 0. The molecule has 3 heterocycles. The van der Waals surface area contributed by atoms with Gasteiger partial charge in [-0.15, -0.1) is 0 Å². The van der Waals surface area contributed by atoms with Gasteiger partial charge < -0.3 is 9.64 Å². The molecular weight excluding hydrogens is 306 g/mol. The fourth-order valence-corrected chi connectivity index (χ4v) is 2.50. The van der Waals surface area contributed by atoms with Crippen LogP contribution in [0.15, 0.2) is 30.9 Å². The number of hydrogen-bond donors (Lipinski definition) is 0. The number of hydrogen-bond acceptors (Lipinski definition) is 5. The summed E-state index contributed by atoms with van der Waals surface area (Å²) >= 11 is 5.75. The van der Waals surface area contributed by atoms with Gasteiger partial charge >= 0.3 is 6.01 Å². The minimum atomic E-state index is -0.100. The number of amides is 1. The first-order chi connectivity index (χ1) is 10.7. The maximum atomic E-state index is 12.3. The lowest BCUT2D eigenvalue weighted by Gasteiger charge is -2.32. The Morgan fingerprint density at radius 2 is 2.23 bits per heavy atom. The van der Waals surface area contributed by atoms with E-state index in [-0.39, 0.29) is 24.6 Å². The van der Waals surface area contributed by atoms with Crippen molar-refractivity contribution in [1.82, 2.24) is 24.6 Å². The Bertz CT molecular complexity index is 617. The van der Waals surface area contributed by atoms with Crippen LogP contribution in [0.3, 0.4) is 0 Å². The largest absolute Gasteiger partial charge is 0.458 e. The number of ether oxygens (including phenoxy) is 1. The Kier molecular flexibility index (Phi) is 4.53. The zero-order valence-corrected chi connectivity index (χ0v) is 12.7. The molecule has 22 heavy (non-hydrogen) atoms. The van der Waals surface area contributed by atoms with Crippen molar-refractivity contribution in [3.63, 3.8) is 0 Å². The normalized spacial score (nSPS) is 18.2. The highest BCUT2D eigenvalue weighted by atomic mass is 35.5. The van der Waals surface area contributed by atoms with Gasteiger partial charge in [0.25, 0.3) is 0 Å². The molecule has 0 saturated carbocycles. The van der Waals surface area contributed by atoms with Crippen LogP contribution in [-0.2, 0) is 11.3 Å². The lowest BCUT2D eigenvalue weighted by Crippen LogP contribution is -2.45. The zero-order valence-electron chi connectivity index (χ0n) is 11.9. The molecule has 2 aromatic rings. The summed E-state index contributed by atoms with van der Waals surface area (Å²) < 4.78 is 7.35. The number of likely N-dealkylation sites (tertiary alicyclic amines) is 1. The van der Waals surface area contributed by atoms with Crippen molar-refractivity contribution in [1.29, 1.82) is 0 Å². The summed E-state index contributed by atoms with van der Waals surface area (Å²) in [6, 6.07) is 2.09. The molecule has 1 fully saturated rings. The summed E-state index contributed by atoms with van der Waals surface area (Å²) in [5.74, 6) is 0.0361. The van der Waals surface area contributed by atoms with Gasteiger partial charge in [0.15, 0.2) is 0 Å². The Hall–Kier alpha value is -2.15. The van der Waals surface area contributed by atoms with E-state index >= 15 is 0 Å². The van der Waals surface area contributed by atoms with Crippen LogP contribution < -0.4 is 4.74 Å². The molecule has 116 valence electrons. The summed E-state index contributed by atoms with van der Waals surface area (Å²) in [4.78, 5) is 22.1. The van der Waals surface area contributed by atoms with Crippen LogP contribution in [0.4, 0.5) is 0 Å². The Balaban J connectivity index is 1.56. The molecule has 0 radical (unpaired) electrons. The van der Waals surface area contributed by atoms with Gasteiger partial charge in [-0.2, -0.15) is 5.10 Å². The molecule has 3 rings (SSSR count). The molecule has 0 N–H and O–H groups in total. The Labute approximate surface area is 132 Å². The predicted octanol–water partition coefficient (Wildman–Crippen LogP) is 1.40. The third kappa shape index (κ3) is 3.73. The first kappa shape index (κ1) is 14.8. The number of nitrogens with zero attached hydrogens (tertiary/aromatic N) is 5. The summed E-state index contributed by atoms with van der Waals surface area (Å²) in [6.45, 7) is 1.52. The van der Waals surface area contributed by atoms with E-state index in [4.69, 9.17) is 16.3 Å². The molecule has 0 spiro atoms. The molecule has 0 bridgehead atoms. The zero-order chi connectivity index (χ0) is 15.4. The van der Waals surface area contributed by atoms with Gasteiger partial charge in [-0.05, 0) is 18.9 Å². The lowest BCUT2D eigenvalue weighted by atomic mass is 10.1. The van der Waals surface area contributed by atoms with Gasteiger partial charge in [-0.1, -0.05) is 11.6 Å². The van der Waals surface area contributed by atoms with Crippen molar-refractivity contribution in [2.75, 3.05) is 13.1 Å². The van der Waals surface area contributed by atoms with Crippen molar-refractivity contribution >= 4 is 17.5 Å². The van der Waals surface area contributed by atoms with Crippen molar-refractivity contribution in [2.45, 2.75) is 25.5 Å². The van der Waals surface area contributed by atoms with Gasteiger partial charge in [0.05, 0.1) is 24.0 Å². The maximum absolute atomic E-state index is 12.3. The SMILES string of the molecule is O=C(Cn1cccn1)N1CCCC(Oc2ncc(Cl)cn2)C1. The van der Waals surface area contributed by atoms with Gasteiger partial charge in [0.1, 0.15) is 12.6 Å². The average Bonchev–Trinajstić information content (AvgIpc) is 3.03. The quantitative estimate of drug-likeness (QED) is 0.851. The molecule has 1 aliphatic heterocycles. The van der Waals surface area contributed by atoms with E-state index in [9.17, 15) is 4.79 Å². The molecule has 0 aliphatic carbocycles. The molecule has 0 aromatic carbocycles. The molecule has 1 amide bonds. The van der Waals surface area contributed by atoms with Crippen LogP contribution in [0.1, 0.15) is 12.8 Å². The summed E-state index contributed by atoms with van der Waals surface area (Å²) in [6.07, 6.45) is 8.09. The second kappa shape index (κ2) is 6.74. The monoisotopic (exact) mass is 321 g/mol. The fraction of sp³-hybridized carbons (Fsp3) is 0.429. The highest BCUT2D eigenvalue weighted by molar-refractivity contribution is 6.30. The predicted molar refractivity (Wildman–Crippen MR) is 79.5 cm³/mol. The van der Waals surface area contributed by atoms with E-state index in [1.165, 1.54) is 12.4 Å². The second-order valence-corrected chi connectivity index (χ2v) is 5.55. The van der Waals surface area contributed by atoms with Gasteiger partial charge in [0.2, 0.25) is 5.91 Å². The molecule has 1 unspecified atom stereocenters. The third-order valence-corrected chi connectivity index (χ3v) is 3.65. The topological polar surface area (TPSA) is 73.1 Å². The Morgan fingerprint density at radius 1 is 1.41 bits per heavy atom. The third-order valence-electron chi connectivity index (χ3n) is 3.46. The summed E-state index contributed by atoms with van der Waals surface area (Å²) in [5, 5.41) is 4.52. The molecular formula is C14H16ClN5O2. The highest BCUT2D eigenvalue weighted by Gasteiger charge is 2.25. The molecule has 7 nitrogen and oxygen atoms in total. The molecule has 2 aromatic heterocycles. The van der Waals surface area contributed by atoms with E-state index in [0.717, 1.165) is 19.4 Å². The average molecular weight is 322 g/mol. The Morgan fingerprint density at radius 3 is 2.95 bits per heavy atom. The lowest BCUT2D eigenvalue weighted by molar-refractivity contribution is -0.134. The number of aromatic nitrogens is 4. The fourth-order valence-electron chi connectivity index (χ4n) is 2.40. The van der Waals surface area contributed by atoms with Crippen LogP contribution in [0.5, 0.6) is 6.01 Å². The van der Waals surface area contributed by atoms with E-state index < -0.39 is 0 Å². The number of halogens is 1. The van der Waals surface area contributed by atoms with E-state index in [1.807, 2.05) is 0 Å². The second-order valence-electron chi connectivity index (χ2n) is 5.11. The van der Waals surface area contributed by atoms with Gasteiger partial charge in [0, 0.05) is 18.9 Å². The van der Waals surface area contributed by atoms with E-state index in [0.29, 0.717) is 11.6 Å². The molecule has 1 saturated heterocycles. The first-order valence-electron chi connectivity index (χ1n) is 7.10. The van der Waals surface area contributed by atoms with E-state index in [1.54, 1.807) is 28.0 Å². The first-order valence-corrected chi connectivity index (χ1v) is 7.48. The van der Waals surface area contributed by atoms with Crippen molar-refractivity contribution < 1.29 is 9.53 Å². The van der Waals surface area contributed by atoms with Crippen molar-refractivity contribution in [2.24, 2.45) is 0 Å². The van der Waals surface area contributed by atoms with Crippen LogP contribution in [0, 0.1) is 0 Å². The minimum Gasteiger partial charge on any atom is -0.458 e. The van der Waals surface area contributed by atoms with Gasteiger partial charge in [-0.25, -0.2) is 9.97 Å². The standard InChI is InChI=1S/C14H16ClN5O2/c15-11-7-16-14(17-8-11)22-12-3-1-5-19(9-12)13(21)10-20-6-2-4-18-20/h2,4,6-8,12H,1,3,5,9-10H2. The van der Waals surface area contributed by atoms with Crippen molar-refractivity contribution in [3.05, 3.63) is 35.9 Å². The van der Waals surface area contributed by atoms with Crippen LogP contribution >= 0.6 is 11.6 Å². The number of piperidine rings is 1. The minimum absolute atomic E-state index is 0.0361. The van der Waals surface area contributed by atoms with E-state index in [2.05, 4.69) is 15.1 Å².